The largest absolute Gasteiger partial charge is 0.349 e. The van der Waals surface area contributed by atoms with E-state index in [2.05, 4.69) is 19.2 Å². The van der Waals surface area contributed by atoms with Gasteiger partial charge in [-0.1, -0.05) is 44.4 Å². The highest BCUT2D eigenvalue weighted by atomic mass is 35.5. The molecule has 0 spiro atoms. The molecule has 0 atom stereocenters. The van der Waals surface area contributed by atoms with E-state index in [4.69, 9.17) is 16.7 Å². The molecule has 0 bridgehead atoms. The molecule has 1 aromatic carbocycles. The molecule has 0 saturated heterocycles. The van der Waals surface area contributed by atoms with Gasteiger partial charge in [0.2, 0.25) is 0 Å². The van der Waals surface area contributed by atoms with Crippen LogP contribution in [0.5, 0.6) is 0 Å². The third-order valence-electron chi connectivity index (χ3n) is 4.22. The maximum Gasteiger partial charge on any atom is 0.255 e. The second kappa shape index (κ2) is 7.39. The third-order valence-corrected chi connectivity index (χ3v) is 4.45. The Labute approximate surface area is 148 Å². The normalized spacial score (nSPS) is 14.0. The van der Waals surface area contributed by atoms with Crippen molar-refractivity contribution in [1.82, 2.24) is 15.1 Å². The van der Waals surface area contributed by atoms with Crippen LogP contribution in [0.4, 0.5) is 0 Å². The summed E-state index contributed by atoms with van der Waals surface area (Å²) in [6, 6.07) is 7.98. The van der Waals surface area contributed by atoms with Crippen LogP contribution in [-0.4, -0.2) is 21.7 Å². The Bertz CT molecular complexity index is 734. The van der Waals surface area contributed by atoms with Gasteiger partial charge in [0, 0.05) is 11.1 Å². The zero-order valence-corrected chi connectivity index (χ0v) is 15.1. The number of aromatic nitrogens is 2. The van der Waals surface area contributed by atoms with E-state index in [-0.39, 0.29) is 5.91 Å². The maximum absolute atomic E-state index is 12.8. The maximum atomic E-state index is 12.8. The Kier molecular flexibility index (Phi) is 5.24. The van der Waals surface area contributed by atoms with Gasteiger partial charge in [0.25, 0.3) is 5.91 Å². The van der Waals surface area contributed by atoms with E-state index in [0.717, 1.165) is 61.2 Å². The number of carbonyl (C=O) groups is 1. The summed E-state index contributed by atoms with van der Waals surface area (Å²) in [5, 5.41) is 8.57. The molecule has 24 heavy (non-hydrogen) atoms. The lowest BCUT2D eigenvalue weighted by Crippen LogP contribution is -2.27. The standard InChI is InChI=1S/C19H24ClN3O/c1-3-6-16-18(19(24)21-14-10-11-14)17(7-4-2)23(22-16)15-9-5-8-13(20)12-15/h5,8-9,12,14H,3-4,6-7,10-11H2,1-2H3,(H,21,24). The van der Waals surface area contributed by atoms with Crippen LogP contribution < -0.4 is 5.32 Å². The molecular weight excluding hydrogens is 322 g/mol. The summed E-state index contributed by atoms with van der Waals surface area (Å²) in [5.41, 5.74) is 3.56. The van der Waals surface area contributed by atoms with Crippen LogP contribution in [0.15, 0.2) is 24.3 Å². The molecule has 0 radical (unpaired) electrons. The van der Waals surface area contributed by atoms with Crippen molar-refractivity contribution >= 4 is 17.5 Å². The van der Waals surface area contributed by atoms with Crippen LogP contribution in [-0.2, 0) is 12.8 Å². The summed E-state index contributed by atoms with van der Waals surface area (Å²) in [6.07, 6.45) is 5.71. The number of amides is 1. The van der Waals surface area contributed by atoms with Gasteiger partial charge in [-0.15, -0.1) is 0 Å². The summed E-state index contributed by atoms with van der Waals surface area (Å²) in [4.78, 5) is 12.8. The molecule has 5 heteroatoms. The number of hydrogen-bond donors (Lipinski definition) is 1. The van der Waals surface area contributed by atoms with Crippen molar-refractivity contribution in [3.05, 3.63) is 46.2 Å². The van der Waals surface area contributed by atoms with Crippen LogP contribution >= 0.6 is 11.6 Å². The van der Waals surface area contributed by atoms with Crippen LogP contribution in [0, 0.1) is 0 Å². The van der Waals surface area contributed by atoms with Gasteiger partial charge in [-0.05, 0) is 43.9 Å². The van der Waals surface area contributed by atoms with Crippen LogP contribution in [0.2, 0.25) is 5.02 Å². The second-order valence-corrected chi connectivity index (χ2v) is 6.84. The summed E-state index contributed by atoms with van der Waals surface area (Å²) in [7, 11) is 0. The van der Waals surface area contributed by atoms with Gasteiger partial charge < -0.3 is 5.32 Å². The van der Waals surface area contributed by atoms with Gasteiger partial charge in [-0.3, -0.25) is 4.79 Å². The number of hydrogen-bond acceptors (Lipinski definition) is 2. The number of aryl methyl sites for hydroxylation is 1. The lowest BCUT2D eigenvalue weighted by molar-refractivity contribution is 0.0949. The zero-order chi connectivity index (χ0) is 17.1. The molecule has 1 heterocycles. The molecule has 128 valence electrons. The fraction of sp³-hybridized carbons (Fsp3) is 0.474. The molecule has 1 aliphatic rings. The van der Waals surface area contributed by atoms with E-state index in [1.807, 2.05) is 28.9 Å². The van der Waals surface area contributed by atoms with E-state index in [1.165, 1.54) is 0 Å². The van der Waals surface area contributed by atoms with Gasteiger partial charge in [0.15, 0.2) is 0 Å². The van der Waals surface area contributed by atoms with Crippen molar-refractivity contribution in [2.75, 3.05) is 0 Å². The van der Waals surface area contributed by atoms with Gasteiger partial charge in [0.1, 0.15) is 0 Å². The summed E-state index contributed by atoms with van der Waals surface area (Å²) < 4.78 is 1.90. The number of halogens is 1. The number of nitrogens with zero attached hydrogens (tertiary/aromatic N) is 2. The average Bonchev–Trinajstić information content (AvgIpc) is 3.29. The van der Waals surface area contributed by atoms with Crippen LogP contribution in [0.25, 0.3) is 5.69 Å². The van der Waals surface area contributed by atoms with Crippen LogP contribution in [0.1, 0.15) is 61.3 Å². The molecule has 1 fully saturated rings. The van der Waals surface area contributed by atoms with Crippen molar-refractivity contribution in [3.63, 3.8) is 0 Å². The van der Waals surface area contributed by atoms with Gasteiger partial charge >= 0.3 is 0 Å². The number of rotatable bonds is 7. The highest BCUT2D eigenvalue weighted by Gasteiger charge is 2.29. The quantitative estimate of drug-likeness (QED) is 0.812. The SMILES string of the molecule is CCCc1nn(-c2cccc(Cl)c2)c(CCC)c1C(=O)NC1CC1. The van der Waals surface area contributed by atoms with E-state index in [0.29, 0.717) is 11.1 Å². The molecule has 4 nitrogen and oxygen atoms in total. The Hall–Kier alpha value is -1.81. The van der Waals surface area contributed by atoms with Crippen LogP contribution in [0.3, 0.4) is 0 Å². The topological polar surface area (TPSA) is 46.9 Å². The Morgan fingerprint density at radius 3 is 2.67 bits per heavy atom. The first-order chi connectivity index (χ1) is 11.6. The molecule has 1 aromatic heterocycles. The molecular formula is C19H24ClN3O. The minimum atomic E-state index is 0.0256. The molecule has 0 aliphatic heterocycles. The number of nitrogens with one attached hydrogen (secondary N) is 1. The summed E-state index contributed by atoms with van der Waals surface area (Å²) in [6.45, 7) is 4.23. The fourth-order valence-electron chi connectivity index (χ4n) is 2.95. The summed E-state index contributed by atoms with van der Waals surface area (Å²) >= 11 is 6.15. The first-order valence-corrected chi connectivity index (χ1v) is 9.19. The average molecular weight is 346 g/mol. The fourth-order valence-corrected chi connectivity index (χ4v) is 3.14. The Morgan fingerprint density at radius 2 is 2.04 bits per heavy atom. The molecule has 1 aliphatic carbocycles. The number of benzene rings is 1. The monoisotopic (exact) mass is 345 g/mol. The van der Waals surface area contributed by atoms with Gasteiger partial charge in [0.05, 0.1) is 22.6 Å². The lowest BCUT2D eigenvalue weighted by atomic mass is 10.1. The predicted octanol–water partition coefficient (Wildman–Crippen LogP) is 4.32. The molecule has 2 aromatic rings. The first kappa shape index (κ1) is 17.0. The van der Waals surface area contributed by atoms with Crippen molar-refractivity contribution in [1.29, 1.82) is 0 Å². The minimum absolute atomic E-state index is 0.0256. The van der Waals surface area contributed by atoms with Crippen molar-refractivity contribution in [3.8, 4) is 5.69 Å². The summed E-state index contributed by atoms with van der Waals surface area (Å²) in [5.74, 6) is 0.0256. The van der Waals surface area contributed by atoms with Crippen molar-refractivity contribution in [2.45, 2.75) is 58.4 Å². The molecule has 1 N–H and O–H groups in total. The third kappa shape index (κ3) is 3.64. The Balaban J connectivity index is 2.08. The van der Waals surface area contributed by atoms with Gasteiger partial charge in [-0.25, -0.2) is 4.68 Å². The highest BCUT2D eigenvalue weighted by molar-refractivity contribution is 6.30. The molecule has 1 saturated carbocycles. The Morgan fingerprint density at radius 1 is 1.29 bits per heavy atom. The number of carbonyl (C=O) groups excluding carboxylic acids is 1. The van der Waals surface area contributed by atoms with E-state index >= 15 is 0 Å². The minimum Gasteiger partial charge on any atom is -0.349 e. The van der Waals surface area contributed by atoms with E-state index in [1.54, 1.807) is 0 Å². The molecule has 0 unspecified atom stereocenters. The van der Waals surface area contributed by atoms with E-state index < -0.39 is 0 Å². The molecule has 1 amide bonds. The zero-order valence-electron chi connectivity index (χ0n) is 14.3. The smallest absolute Gasteiger partial charge is 0.255 e. The first-order valence-electron chi connectivity index (χ1n) is 8.81. The molecule has 3 rings (SSSR count). The van der Waals surface area contributed by atoms with Crippen molar-refractivity contribution in [2.24, 2.45) is 0 Å². The predicted molar refractivity (Wildman–Crippen MR) is 97.1 cm³/mol. The van der Waals surface area contributed by atoms with E-state index in [9.17, 15) is 4.79 Å². The second-order valence-electron chi connectivity index (χ2n) is 6.41. The van der Waals surface area contributed by atoms with Crippen molar-refractivity contribution < 1.29 is 4.79 Å². The highest BCUT2D eigenvalue weighted by Crippen LogP contribution is 2.25. The lowest BCUT2D eigenvalue weighted by Gasteiger charge is -2.09. The van der Waals surface area contributed by atoms with Gasteiger partial charge in [-0.2, -0.15) is 5.10 Å².